The Balaban J connectivity index is 1.92. The van der Waals surface area contributed by atoms with Crippen molar-refractivity contribution < 1.29 is 9.59 Å². The monoisotopic (exact) mass is 388 g/mol. The van der Waals surface area contributed by atoms with Crippen molar-refractivity contribution in [3.05, 3.63) is 32.7 Å². The molecule has 4 nitrogen and oxygen atoms in total. The standard InChI is InChI=1S/C13H14Br2N2O2/c14-9-3-4-10(11(15)7-9)13(19)16-8-12(18)17-5-1-2-6-17/h3-4,7H,1-2,5-6,8H2,(H,16,19). The first kappa shape index (κ1) is 14.5. The summed E-state index contributed by atoms with van der Waals surface area (Å²) in [5.74, 6) is -0.258. The third-order valence-corrected chi connectivity index (χ3v) is 4.18. The minimum atomic E-state index is -0.244. The van der Waals surface area contributed by atoms with Gasteiger partial charge in [0.2, 0.25) is 5.91 Å². The molecular weight excluding hydrogens is 376 g/mol. The number of halogens is 2. The largest absolute Gasteiger partial charge is 0.343 e. The maximum atomic E-state index is 12.0. The molecule has 1 aliphatic rings. The number of hydrogen-bond donors (Lipinski definition) is 1. The Morgan fingerprint density at radius 1 is 1.21 bits per heavy atom. The Hall–Kier alpha value is -0.880. The zero-order valence-corrected chi connectivity index (χ0v) is 13.5. The Morgan fingerprint density at radius 3 is 2.53 bits per heavy atom. The van der Waals surface area contributed by atoms with E-state index in [9.17, 15) is 9.59 Å². The molecule has 0 bridgehead atoms. The second kappa shape index (κ2) is 6.52. The first-order valence-corrected chi connectivity index (χ1v) is 7.67. The molecule has 0 aliphatic carbocycles. The van der Waals surface area contributed by atoms with Gasteiger partial charge in [-0.1, -0.05) is 15.9 Å². The molecule has 0 aromatic heterocycles. The topological polar surface area (TPSA) is 49.4 Å². The molecule has 1 fully saturated rings. The van der Waals surface area contributed by atoms with Crippen molar-refractivity contribution >= 4 is 43.7 Å². The molecule has 19 heavy (non-hydrogen) atoms. The van der Waals surface area contributed by atoms with E-state index in [2.05, 4.69) is 37.2 Å². The molecule has 1 aromatic rings. The van der Waals surface area contributed by atoms with Gasteiger partial charge in [0.15, 0.2) is 0 Å². The van der Waals surface area contributed by atoms with Crippen LogP contribution in [-0.2, 0) is 4.79 Å². The molecule has 102 valence electrons. The van der Waals surface area contributed by atoms with Gasteiger partial charge in [-0.3, -0.25) is 9.59 Å². The fraction of sp³-hybridized carbons (Fsp3) is 0.385. The molecule has 1 N–H and O–H groups in total. The Labute approximate surface area is 128 Å². The van der Waals surface area contributed by atoms with Gasteiger partial charge in [0.05, 0.1) is 12.1 Å². The van der Waals surface area contributed by atoms with Crippen LogP contribution in [0.15, 0.2) is 27.1 Å². The highest BCUT2D eigenvalue weighted by molar-refractivity contribution is 9.11. The molecular formula is C13H14Br2N2O2. The molecule has 6 heteroatoms. The molecule has 2 rings (SSSR count). The number of hydrogen-bond acceptors (Lipinski definition) is 2. The summed E-state index contributed by atoms with van der Waals surface area (Å²) in [7, 11) is 0. The van der Waals surface area contributed by atoms with Gasteiger partial charge >= 0.3 is 0 Å². The van der Waals surface area contributed by atoms with Crippen LogP contribution < -0.4 is 5.32 Å². The number of rotatable bonds is 3. The van der Waals surface area contributed by atoms with Crippen molar-refractivity contribution in [2.45, 2.75) is 12.8 Å². The lowest BCUT2D eigenvalue weighted by atomic mass is 10.2. The quantitative estimate of drug-likeness (QED) is 0.863. The molecule has 0 radical (unpaired) electrons. The van der Waals surface area contributed by atoms with Crippen molar-refractivity contribution in [2.24, 2.45) is 0 Å². The van der Waals surface area contributed by atoms with Gasteiger partial charge in [0.1, 0.15) is 0 Å². The fourth-order valence-electron chi connectivity index (χ4n) is 2.00. The summed E-state index contributed by atoms with van der Waals surface area (Å²) in [6.07, 6.45) is 2.11. The minimum Gasteiger partial charge on any atom is -0.343 e. The third-order valence-electron chi connectivity index (χ3n) is 3.03. The summed E-state index contributed by atoms with van der Waals surface area (Å²) < 4.78 is 1.59. The summed E-state index contributed by atoms with van der Waals surface area (Å²) in [4.78, 5) is 25.6. The summed E-state index contributed by atoms with van der Waals surface area (Å²) >= 11 is 6.66. The van der Waals surface area contributed by atoms with E-state index in [0.29, 0.717) is 10.0 Å². The lowest BCUT2D eigenvalue weighted by Crippen LogP contribution is -2.38. The second-order valence-electron chi connectivity index (χ2n) is 4.39. The Kier molecular flexibility index (Phi) is 4.99. The van der Waals surface area contributed by atoms with Crippen molar-refractivity contribution in [2.75, 3.05) is 19.6 Å². The summed E-state index contributed by atoms with van der Waals surface area (Å²) in [6, 6.07) is 5.31. The van der Waals surface area contributed by atoms with Crippen LogP contribution in [0, 0.1) is 0 Å². The van der Waals surface area contributed by atoms with Gasteiger partial charge in [0, 0.05) is 22.0 Å². The predicted molar refractivity (Wildman–Crippen MR) is 80.0 cm³/mol. The normalized spacial score (nSPS) is 14.5. The minimum absolute atomic E-state index is 0.0147. The van der Waals surface area contributed by atoms with Crippen LogP contribution in [0.4, 0.5) is 0 Å². The first-order valence-electron chi connectivity index (χ1n) is 6.09. The van der Waals surface area contributed by atoms with Crippen LogP contribution in [0.3, 0.4) is 0 Å². The van der Waals surface area contributed by atoms with Crippen LogP contribution in [-0.4, -0.2) is 36.3 Å². The van der Waals surface area contributed by atoms with Crippen molar-refractivity contribution in [1.29, 1.82) is 0 Å². The number of nitrogens with zero attached hydrogens (tertiary/aromatic N) is 1. The molecule has 0 atom stereocenters. The van der Waals surface area contributed by atoms with E-state index in [4.69, 9.17) is 0 Å². The maximum Gasteiger partial charge on any atom is 0.252 e. The number of carbonyl (C=O) groups excluding carboxylic acids is 2. The zero-order valence-electron chi connectivity index (χ0n) is 10.3. The van der Waals surface area contributed by atoms with Gasteiger partial charge in [-0.05, 0) is 47.0 Å². The highest BCUT2D eigenvalue weighted by Crippen LogP contribution is 2.21. The van der Waals surface area contributed by atoms with E-state index in [1.165, 1.54) is 0 Å². The average Bonchev–Trinajstić information content (AvgIpc) is 2.89. The van der Waals surface area contributed by atoms with Gasteiger partial charge in [-0.15, -0.1) is 0 Å². The summed E-state index contributed by atoms with van der Waals surface area (Å²) in [5, 5.41) is 2.66. The lowest BCUT2D eigenvalue weighted by molar-refractivity contribution is -0.129. The van der Waals surface area contributed by atoms with Crippen LogP contribution in [0.25, 0.3) is 0 Å². The molecule has 0 spiro atoms. The third kappa shape index (κ3) is 3.79. The van der Waals surface area contributed by atoms with E-state index in [1.807, 2.05) is 0 Å². The van der Waals surface area contributed by atoms with E-state index >= 15 is 0 Å². The molecule has 0 unspecified atom stereocenters. The fourth-order valence-corrected chi connectivity index (χ4v) is 3.23. The predicted octanol–water partition coefficient (Wildman–Crippen LogP) is 2.56. The van der Waals surface area contributed by atoms with Gasteiger partial charge in [-0.25, -0.2) is 0 Å². The van der Waals surface area contributed by atoms with Crippen LogP contribution >= 0.6 is 31.9 Å². The highest BCUT2D eigenvalue weighted by Gasteiger charge is 2.19. The van der Waals surface area contributed by atoms with Crippen molar-refractivity contribution in [1.82, 2.24) is 10.2 Å². The molecule has 1 aliphatic heterocycles. The van der Waals surface area contributed by atoms with Gasteiger partial charge < -0.3 is 10.2 Å². The van der Waals surface area contributed by atoms with Crippen molar-refractivity contribution in [3.8, 4) is 0 Å². The van der Waals surface area contributed by atoms with Crippen LogP contribution in [0.5, 0.6) is 0 Å². The van der Waals surface area contributed by atoms with Crippen molar-refractivity contribution in [3.63, 3.8) is 0 Å². The smallest absolute Gasteiger partial charge is 0.252 e. The molecule has 1 heterocycles. The summed E-state index contributed by atoms with van der Waals surface area (Å²) in [6.45, 7) is 1.66. The van der Waals surface area contributed by atoms with Gasteiger partial charge in [0.25, 0.3) is 5.91 Å². The summed E-state index contributed by atoms with van der Waals surface area (Å²) in [5.41, 5.74) is 0.525. The SMILES string of the molecule is O=C(NCC(=O)N1CCCC1)c1ccc(Br)cc1Br. The Morgan fingerprint density at radius 2 is 1.89 bits per heavy atom. The number of nitrogens with one attached hydrogen (secondary N) is 1. The lowest BCUT2D eigenvalue weighted by Gasteiger charge is -2.15. The molecule has 2 amide bonds. The van der Waals surface area contributed by atoms with Crippen LogP contribution in [0.1, 0.15) is 23.2 Å². The van der Waals surface area contributed by atoms with Crippen LogP contribution in [0.2, 0.25) is 0 Å². The van der Waals surface area contributed by atoms with E-state index in [1.54, 1.807) is 23.1 Å². The average molecular weight is 390 g/mol. The number of benzene rings is 1. The van der Waals surface area contributed by atoms with E-state index < -0.39 is 0 Å². The molecule has 1 aromatic carbocycles. The van der Waals surface area contributed by atoms with Gasteiger partial charge in [-0.2, -0.15) is 0 Å². The zero-order chi connectivity index (χ0) is 13.8. The maximum absolute atomic E-state index is 12.0. The highest BCUT2D eigenvalue weighted by atomic mass is 79.9. The first-order chi connectivity index (χ1) is 9.08. The Bertz CT molecular complexity index is 499. The molecule has 1 saturated heterocycles. The number of carbonyl (C=O) groups is 2. The second-order valence-corrected chi connectivity index (χ2v) is 6.16. The molecule has 0 saturated carbocycles. The van der Waals surface area contributed by atoms with E-state index in [0.717, 1.165) is 30.4 Å². The number of amides is 2. The number of likely N-dealkylation sites (tertiary alicyclic amines) is 1. The van der Waals surface area contributed by atoms with E-state index in [-0.39, 0.29) is 18.4 Å².